The number of benzene rings is 2. The molecule has 0 radical (unpaired) electrons. The first kappa shape index (κ1) is 22.5. The van der Waals surface area contributed by atoms with Gasteiger partial charge in [0.15, 0.2) is 0 Å². The minimum atomic E-state index is -4.61. The molecule has 2 rings (SSSR count). The number of anilines is 1. The normalized spacial score (nSPS) is 12.2. The van der Waals surface area contributed by atoms with Crippen LogP contribution in [0.3, 0.4) is 0 Å². The standard InChI is InChI=1S/C17H15Cl2F3N2O3S/c1-2-24(28(26,27)13-6-4-12(18)5-7-13)10-16(25)23-15-9-11(17(20,21)22)3-8-14(15)19/h3-9H,2,10H2,1H3,(H,23,25). The van der Waals surface area contributed by atoms with Gasteiger partial charge >= 0.3 is 6.18 Å². The number of rotatable bonds is 6. The van der Waals surface area contributed by atoms with Crippen molar-refractivity contribution in [2.75, 3.05) is 18.4 Å². The quantitative estimate of drug-likeness (QED) is 0.689. The molecule has 5 nitrogen and oxygen atoms in total. The SMILES string of the molecule is CCN(CC(=O)Nc1cc(C(F)(F)F)ccc1Cl)S(=O)(=O)c1ccc(Cl)cc1. The Bertz CT molecular complexity index is 965. The monoisotopic (exact) mass is 454 g/mol. The van der Waals surface area contributed by atoms with E-state index >= 15 is 0 Å². The zero-order chi connectivity index (χ0) is 21.1. The van der Waals surface area contributed by atoms with Gasteiger partial charge in [0.1, 0.15) is 0 Å². The molecule has 0 fully saturated rings. The summed E-state index contributed by atoms with van der Waals surface area (Å²) in [4.78, 5) is 12.2. The number of carbonyl (C=O) groups is 1. The van der Waals surface area contributed by atoms with E-state index in [1.807, 2.05) is 0 Å². The number of likely N-dealkylation sites (N-methyl/N-ethyl adjacent to an activating group) is 1. The third-order valence-electron chi connectivity index (χ3n) is 3.69. The Morgan fingerprint density at radius 3 is 2.25 bits per heavy atom. The highest BCUT2D eigenvalue weighted by Crippen LogP contribution is 2.33. The predicted molar refractivity (Wildman–Crippen MR) is 101 cm³/mol. The molecule has 1 amide bonds. The van der Waals surface area contributed by atoms with Crippen molar-refractivity contribution in [3.63, 3.8) is 0 Å². The first-order chi connectivity index (χ1) is 12.9. The van der Waals surface area contributed by atoms with E-state index in [1.54, 1.807) is 0 Å². The van der Waals surface area contributed by atoms with E-state index in [4.69, 9.17) is 23.2 Å². The average Bonchev–Trinajstić information content (AvgIpc) is 2.60. The number of hydrogen-bond acceptors (Lipinski definition) is 3. The Balaban J connectivity index is 2.20. The minimum absolute atomic E-state index is 0.0330. The summed E-state index contributed by atoms with van der Waals surface area (Å²) in [5.74, 6) is -0.833. The molecule has 0 aromatic heterocycles. The van der Waals surface area contributed by atoms with Crippen LogP contribution in [0, 0.1) is 0 Å². The van der Waals surface area contributed by atoms with Crippen LogP contribution < -0.4 is 5.32 Å². The summed E-state index contributed by atoms with van der Waals surface area (Å²) < 4.78 is 64.6. The average molecular weight is 455 g/mol. The second-order valence-corrected chi connectivity index (χ2v) is 8.41. The summed E-state index contributed by atoms with van der Waals surface area (Å²) in [5.41, 5.74) is -1.25. The molecule has 152 valence electrons. The van der Waals surface area contributed by atoms with Crippen molar-refractivity contribution >= 4 is 44.8 Å². The highest BCUT2D eigenvalue weighted by Gasteiger charge is 2.31. The first-order valence-corrected chi connectivity index (χ1v) is 10.1. The van der Waals surface area contributed by atoms with Crippen LogP contribution in [0.25, 0.3) is 0 Å². The maximum absolute atomic E-state index is 12.8. The smallest absolute Gasteiger partial charge is 0.324 e. The number of amides is 1. The van der Waals surface area contributed by atoms with Crippen LogP contribution in [0.5, 0.6) is 0 Å². The van der Waals surface area contributed by atoms with Crippen LogP contribution in [-0.4, -0.2) is 31.7 Å². The first-order valence-electron chi connectivity index (χ1n) is 7.87. The van der Waals surface area contributed by atoms with Gasteiger partial charge < -0.3 is 5.32 Å². The Hall–Kier alpha value is -1.81. The second-order valence-electron chi connectivity index (χ2n) is 5.63. The summed E-state index contributed by atoms with van der Waals surface area (Å²) in [6.45, 7) is 0.890. The van der Waals surface area contributed by atoms with Gasteiger partial charge in [0, 0.05) is 11.6 Å². The van der Waals surface area contributed by atoms with Crippen molar-refractivity contribution in [2.45, 2.75) is 18.0 Å². The molecule has 0 saturated heterocycles. The molecule has 0 aliphatic heterocycles. The van der Waals surface area contributed by atoms with Gasteiger partial charge in [-0.1, -0.05) is 30.1 Å². The molecule has 0 heterocycles. The molecule has 0 unspecified atom stereocenters. The molecular formula is C17H15Cl2F3N2O3S. The minimum Gasteiger partial charge on any atom is -0.324 e. The van der Waals surface area contributed by atoms with Gasteiger partial charge in [0.2, 0.25) is 15.9 Å². The van der Waals surface area contributed by atoms with Crippen LogP contribution in [-0.2, 0) is 21.0 Å². The third kappa shape index (κ3) is 5.38. The highest BCUT2D eigenvalue weighted by molar-refractivity contribution is 7.89. The van der Waals surface area contributed by atoms with Gasteiger partial charge in [-0.05, 0) is 42.5 Å². The van der Waals surface area contributed by atoms with Gasteiger partial charge in [-0.3, -0.25) is 4.79 Å². The Morgan fingerprint density at radius 2 is 1.71 bits per heavy atom. The molecule has 0 spiro atoms. The Labute approximate surface area is 170 Å². The molecule has 0 atom stereocenters. The van der Waals surface area contributed by atoms with Crippen molar-refractivity contribution in [3.8, 4) is 0 Å². The molecule has 0 aliphatic carbocycles. The maximum Gasteiger partial charge on any atom is 0.416 e. The molecular weight excluding hydrogens is 440 g/mol. The molecule has 28 heavy (non-hydrogen) atoms. The zero-order valence-corrected chi connectivity index (χ0v) is 16.8. The predicted octanol–water partition coefficient (Wildman–Crippen LogP) is 4.66. The van der Waals surface area contributed by atoms with E-state index < -0.39 is 34.2 Å². The van der Waals surface area contributed by atoms with E-state index in [9.17, 15) is 26.4 Å². The number of sulfonamides is 1. The topological polar surface area (TPSA) is 66.5 Å². The van der Waals surface area contributed by atoms with Gasteiger partial charge in [-0.15, -0.1) is 0 Å². The number of nitrogens with zero attached hydrogens (tertiary/aromatic N) is 1. The van der Waals surface area contributed by atoms with E-state index in [1.165, 1.54) is 31.2 Å². The van der Waals surface area contributed by atoms with Gasteiger partial charge in [0.25, 0.3) is 0 Å². The Kier molecular flexibility index (Phi) is 6.97. The van der Waals surface area contributed by atoms with Crippen LogP contribution in [0.1, 0.15) is 12.5 Å². The fraction of sp³-hybridized carbons (Fsp3) is 0.235. The highest BCUT2D eigenvalue weighted by atomic mass is 35.5. The number of nitrogens with one attached hydrogen (secondary N) is 1. The Morgan fingerprint density at radius 1 is 1.11 bits per heavy atom. The van der Waals surface area contributed by atoms with Crippen molar-refractivity contribution in [3.05, 3.63) is 58.1 Å². The summed E-state index contributed by atoms with van der Waals surface area (Å²) in [5, 5.41) is 2.46. The lowest BCUT2D eigenvalue weighted by Gasteiger charge is -2.20. The molecule has 1 N–H and O–H groups in total. The molecule has 2 aromatic carbocycles. The van der Waals surface area contributed by atoms with E-state index in [2.05, 4.69) is 5.32 Å². The van der Waals surface area contributed by atoms with Crippen LogP contribution in [0.2, 0.25) is 10.0 Å². The van der Waals surface area contributed by atoms with Gasteiger partial charge in [0.05, 0.1) is 27.7 Å². The number of alkyl halides is 3. The van der Waals surface area contributed by atoms with Crippen molar-refractivity contribution in [1.82, 2.24) is 4.31 Å². The van der Waals surface area contributed by atoms with E-state index in [0.29, 0.717) is 11.1 Å². The summed E-state index contributed by atoms with van der Waals surface area (Å²) in [6.07, 6.45) is -4.61. The van der Waals surface area contributed by atoms with Crippen molar-refractivity contribution in [1.29, 1.82) is 0 Å². The van der Waals surface area contributed by atoms with Gasteiger partial charge in [-0.2, -0.15) is 17.5 Å². The van der Waals surface area contributed by atoms with E-state index in [0.717, 1.165) is 16.4 Å². The summed E-state index contributed by atoms with van der Waals surface area (Å²) >= 11 is 11.6. The lowest BCUT2D eigenvalue weighted by molar-refractivity contribution is -0.137. The second kappa shape index (κ2) is 8.69. The molecule has 2 aromatic rings. The molecule has 0 saturated carbocycles. The van der Waals surface area contributed by atoms with Crippen molar-refractivity contribution in [2.24, 2.45) is 0 Å². The molecule has 0 aliphatic rings. The fourth-order valence-corrected chi connectivity index (χ4v) is 3.97. The number of carbonyl (C=O) groups excluding carboxylic acids is 1. The largest absolute Gasteiger partial charge is 0.416 e. The fourth-order valence-electron chi connectivity index (χ4n) is 2.27. The molecule has 11 heteroatoms. The van der Waals surface area contributed by atoms with Gasteiger partial charge in [-0.25, -0.2) is 8.42 Å². The number of hydrogen-bond donors (Lipinski definition) is 1. The lowest BCUT2D eigenvalue weighted by atomic mass is 10.2. The summed E-state index contributed by atoms with van der Waals surface area (Å²) in [7, 11) is -4.00. The number of halogens is 5. The maximum atomic E-state index is 12.8. The van der Waals surface area contributed by atoms with Crippen molar-refractivity contribution < 1.29 is 26.4 Å². The molecule has 0 bridgehead atoms. The lowest BCUT2D eigenvalue weighted by Crippen LogP contribution is -2.37. The van der Waals surface area contributed by atoms with Crippen LogP contribution in [0.15, 0.2) is 47.4 Å². The van der Waals surface area contributed by atoms with Crippen LogP contribution >= 0.6 is 23.2 Å². The summed E-state index contributed by atoms with van der Waals surface area (Å²) in [6, 6.07) is 7.84. The third-order valence-corrected chi connectivity index (χ3v) is 6.21. The zero-order valence-electron chi connectivity index (χ0n) is 14.4. The van der Waals surface area contributed by atoms with Crippen LogP contribution in [0.4, 0.5) is 18.9 Å². The van der Waals surface area contributed by atoms with E-state index in [-0.39, 0.29) is 22.2 Å².